The average Bonchev–Trinajstić information content (AvgIpc) is 2.57. The molecular formula is C17H28ClN3O3S. The molecule has 4 N–H and O–H groups in total. The van der Waals surface area contributed by atoms with E-state index in [0.717, 1.165) is 25.7 Å². The summed E-state index contributed by atoms with van der Waals surface area (Å²) in [4.78, 5) is 11.6. The second-order valence-corrected chi connectivity index (χ2v) is 8.22. The van der Waals surface area contributed by atoms with Crippen LogP contribution in [0.4, 0.5) is 5.69 Å². The summed E-state index contributed by atoms with van der Waals surface area (Å²) in [7, 11) is -3.66. The zero-order chi connectivity index (χ0) is 17.8. The molecule has 0 saturated heterocycles. The van der Waals surface area contributed by atoms with Crippen LogP contribution in [0.2, 0.25) is 0 Å². The zero-order valence-corrected chi connectivity index (χ0v) is 16.4. The molecule has 1 aliphatic carbocycles. The number of hydrogen-bond donors (Lipinski definition) is 3. The summed E-state index contributed by atoms with van der Waals surface area (Å²) in [6, 6.07) is 6.21. The lowest BCUT2D eigenvalue weighted by Gasteiger charge is -2.42. The van der Waals surface area contributed by atoms with Gasteiger partial charge in [-0.15, -0.1) is 12.4 Å². The number of nitrogens with two attached hydrogens (primary N) is 1. The molecule has 0 radical (unpaired) electrons. The number of carbonyl (C=O) groups is 1. The Morgan fingerprint density at radius 1 is 1.28 bits per heavy atom. The summed E-state index contributed by atoms with van der Waals surface area (Å²) in [5.41, 5.74) is 5.94. The quantitative estimate of drug-likeness (QED) is 0.696. The molecule has 1 fully saturated rings. The van der Waals surface area contributed by atoms with E-state index in [0.29, 0.717) is 12.1 Å². The van der Waals surface area contributed by atoms with Gasteiger partial charge < -0.3 is 11.1 Å². The smallest absolute Gasteiger partial charge is 0.241 e. The molecule has 8 heteroatoms. The van der Waals surface area contributed by atoms with Gasteiger partial charge in [-0.1, -0.05) is 26.7 Å². The molecule has 0 aliphatic heterocycles. The summed E-state index contributed by atoms with van der Waals surface area (Å²) in [6.07, 6.45) is 4.19. The Kier molecular flexibility index (Phi) is 7.87. The number of benzene rings is 1. The highest BCUT2D eigenvalue weighted by Crippen LogP contribution is 2.34. The van der Waals surface area contributed by atoms with Crippen LogP contribution in [0.25, 0.3) is 0 Å². The lowest BCUT2D eigenvalue weighted by atomic mass is 9.74. The van der Waals surface area contributed by atoms with E-state index in [9.17, 15) is 13.2 Å². The first kappa shape index (κ1) is 21.9. The molecule has 0 spiro atoms. The van der Waals surface area contributed by atoms with Crippen molar-refractivity contribution in [2.75, 3.05) is 11.9 Å². The van der Waals surface area contributed by atoms with Crippen molar-refractivity contribution in [2.24, 2.45) is 11.7 Å². The summed E-state index contributed by atoms with van der Waals surface area (Å²) in [5, 5.41) is 2.70. The van der Waals surface area contributed by atoms with Gasteiger partial charge in [0.25, 0.3) is 0 Å². The molecule has 0 bridgehead atoms. The van der Waals surface area contributed by atoms with E-state index in [4.69, 9.17) is 5.73 Å². The van der Waals surface area contributed by atoms with E-state index in [1.807, 2.05) is 0 Å². The molecule has 1 aromatic carbocycles. The first-order valence-electron chi connectivity index (χ1n) is 8.47. The summed E-state index contributed by atoms with van der Waals surface area (Å²) in [5.74, 6) is 0.0935. The van der Waals surface area contributed by atoms with Crippen LogP contribution in [0.5, 0.6) is 0 Å². The minimum absolute atomic E-state index is 0. The zero-order valence-electron chi connectivity index (χ0n) is 14.7. The molecule has 1 saturated carbocycles. The van der Waals surface area contributed by atoms with Gasteiger partial charge in [0.2, 0.25) is 15.9 Å². The molecule has 2 unspecified atom stereocenters. The maximum Gasteiger partial charge on any atom is 0.241 e. The molecule has 1 aromatic rings. The predicted octanol–water partition coefficient (Wildman–Crippen LogP) is 2.64. The van der Waals surface area contributed by atoms with Gasteiger partial charge in [0, 0.05) is 24.2 Å². The maximum atomic E-state index is 12.7. The van der Waals surface area contributed by atoms with E-state index < -0.39 is 15.6 Å². The number of carbonyl (C=O) groups excluding carboxylic acids is 1. The highest BCUT2D eigenvalue weighted by molar-refractivity contribution is 7.89. The van der Waals surface area contributed by atoms with E-state index in [2.05, 4.69) is 17.0 Å². The van der Waals surface area contributed by atoms with Crippen LogP contribution in [-0.4, -0.2) is 26.4 Å². The van der Waals surface area contributed by atoms with Gasteiger partial charge in [0.05, 0.1) is 4.90 Å². The van der Waals surface area contributed by atoms with E-state index in [1.165, 1.54) is 12.1 Å². The topological polar surface area (TPSA) is 101 Å². The van der Waals surface area contributed by atoms with Gasteiger partial charge in [-0.25, -0.2) is 13.1 Å². The molecule has 1 aliphatic rings. The molecule has 6 nitrogen and oxygen atoms in total. The standard InChI is InChI=1S/C17H27N3O3S.ClH/c1-3-16(21)19-14-7-9-15(10-8-14)24(22,23)20-17(12-18)11-5-4-6-13(17)2;/h7-10,13,20H,3-6,11-12,18H2,1-2H3,(H,19,21);1H. The third kappa shape index (κ3) is 5.17. The van der Waals surface area contributed by atoms with Gasteiger partial charge in [0.15, 0.2) is 0 Å². The van der Waals surface area contributed by atoms with Crippen LogP contribution in [0.3, 0.4) is 0 Å². The van der Waals surface area contributed by atoms with Crippen LogP contribution in [-0.2, 0) is 14.8 Å². The fourth-order valence-electron chi connectivity index (χ4n) is 3.20. The Morgan fingerprint density at radius 3 is 2.44 bits per heavy atom. The third-order valence-electron chi connectivity index (χ3n) is 4.92. The predicted molar refractivity (Wildman–Crippen MR) is 102 cm³/mol. The number of halogens is 1. The highest BCUT2D eigenvalue weighted by Gasteiger charge is 2.40. The van der Waals surface area contributed by atoms with Crippen molar-refractivity contribution in [3.8, 4) is 0 Å². The highest BCUT2D eigenvalue weighted by atomic mass is 35.5. The molecule has 25 heavy (non-hydrogen) atoms. The third-order valence-corrected chi connectivity index (χ3v) is 6.49. The Hall–Kier alpha value is -1.15. The lowest BCUT2D eigenvalue weighted by Crippen LogP contribution is -2.58. The van der Waals surface area contributed by atoms with Crippen molar-refractivity contribution in [2.45, 2.75) is 56.4 Å². The fraction of sp³-hybridized carbons (Fsp3) is 0.588. The molecule has 142 valence electrons. The largest absolute Gasteiger partial charge is 0.329 e. The van der Waals surface area contributed by atoms with E-state index in [1.54, 1.807) is 19.1 Å². The summed E-state index contributed by atoms with van der Waals surface area (Å²) < 4.78 is 28.3. The Labute approximate surface area is 156 Å². The summed E-state index contributed by atoms with van der Waals surface area (Å²) in [6.45, 7) is 4.10. The van der Waals surface area contributed by atoms with Crippen molar-refractivity contribution < 1.29 is 13.2 Å². The Balaban J connectivity index is 0.00000312. The first-order chi connectivity index (χ1) is 11.3. The van der Waals surface area contributed by atoms with Crippen molar-refractivity contribution >= 4 is 34.0 Å². The normalized spacial score (nSPS) is 23.6. The SMILES string of the molecule is CCC(=O)Nc1ccc(S(=O)(=O)NC2(CN)CCCCC2C)cc1.Cl. The van der Waals surface area contributed by atoms with E-state index in [-0.39, 0.29) is 35.7 Å². The number of anilines is 1. The number of rotatable bonds is 6. The van der Waals surface area contributed by atoms with Crippen LogP contribution in [0.15, 0.2) is 29.2 Å². The lowest BCUT2D eigenvalue weighted by molar-refractivity contribution is -0.115. The van der Waals surface area contributed by atoms with Crippen LogP contribution < -0.4 is 15.8 Å². The molecule has 0 heterocycles. The van der Waals surface area contributed by atoms with Gasteiger partial charge in [-0.05, 0) is 43.0 Å². The van der Waals surface area contributed by atoms with Crippen molar-refractivity contribution in [1.82, 2.24) is 4.72 Å². The fourth-order valence-corrected chi connectivity index (χ4v) is 4.74. The minimum atomic E-state index is -3.66. The van der Waals surface area contributed by atoms with Gasteiger partial charge in [0.1, 0.15) is 0 Å². The summed E-state index contributed by atoms with van der Waals surface area (Å²) >= 11 is 0. The second kappa shape index (κ2) is 8.98. The molecule has 2 rings (SSSR count). The van der Waals surface area contributed by atoms with Gasteiger partial charge in [-0.3, -0.25) is 4.79 Å². The average molecular weight is 390 g/mol. The van der Waals surface area contributed by atoms with Crippen molar-refractivity contribution in [1.29, 1.82) is 0 Å². The Morgan fingerprint density at radius 2 is 1.92 bits per heavy atom. The maximum absolute atomic E-state index is 12.7. The van der Waals surface area contributed by atoms with Gasteiger partial charge >= 0.3 is 0 Å². The molecule has 0 aromatic heterocycles. The number of hydrogen-bond acceptors (Lipinski definition) is 4. The van der Waals surface area contributed by atoms with Crippen molar-refractivity contribution in [3.05, 3.63) is 24.3 Å². The molecule has 2 atom stereocenters. The Bertz CT molecular complexity index is 679. The van der Waals surface area contributed by atoms with Crippen LogP contribution >= 0.6 is 12.4 Å². The van der Waals surface area contributed by atoms with Crippen molar-refractivity contribution in [3.63, 3.8) is 0 Å². The van der Waals surface area contributed by atoms with Gasteiger partial charge in [-0.2, -0.15) is 0 Å². The second-order valence-electron chi connectivity index (χ2n) is 6.54. The molecular weight excluding hydrogens is 362 g/mol. The minimum Gasteiger partial charge on any atom is -0.329 e. The first-order valence-corrected chi connectivity index (χ1v) is 9.95. The number of amides is 1. The number of nitrogens with one attached hydrogen (secondary N) is 2. The van der Waals surface area contributed by atoms with Crippen LogP contribution in [0.1, 0.15) is 46.0 Å². The molecule has 1 amide bonds. The monoisotopic (exact) mass is 389 g/mol. The van der Waals surface area contributed by atoms with E-state index >= 15 is 0 Å². The number of sulfonamides is 1. The van der Waals surface area contributed by atoms with Crippen LogP contribution in [0, 0.1) is 5.92 Å².